The number of hydrogen-bond acceptors (Lipinski definition) is 2. The summed E-state index contributed by atoms with van der Waals surface area (Å²) >= 11 is 1.91. The van der Waals surface area contributed by atoms with Crippen LogP contribution in [0.2, 0.25) is 0 Å². The molecule has 0 atom stereocenters. The first kappa shape index (κ1) is 10.3. The van der Waals surface area contributed by atoms with Crippen LogP contribution in [-0.2, 0) is 0 Å². The second-order valence-corrected chi connectivity index (χ2v) is 3.36. The van der Waals surface area contributed by atoms with Crippen molar-refractivity contribution in [3.8, 4) is 0 Å². The monoisotopic (exact) mass is 160 g/mol. The summed E-state index contributed by atoms with van der Waals surface area (Å²) in [6.45, 7) is 11.8. The van der Waals surface area contributed by atoms with Crippen LogP contribution in [0, 0.1) is 6.92 Å². The molecular formula is C8H18NS. The topological polar surface area (TPSA) is 3.24 Å². The quantitative estimate of drug-likeness (QED) is 0.546. The highest BCUT2D eigenvalue weighted by molar-refractivity contribution is 7.99. The van der Waals surface area contributed by atoms with Gasteiger partial charge in [0.2, 0.25) is 0 Å². The van der Waals surface area contributed by atoms with Gasteiger partial charge in [0, 0.05) is 12.3 Å². The lowest BCUT2D eigenvalue weighted by molar-refractivity contribution is 0.324. The smallest absolute Gasteiger partial charge is 0.00721 e. The molecule has 0 aliphatic heterocycles. The molecule has 0 fully saturated rings. The summed E-state index contributed by atoms with van der Waals surface area (Å²) in [4.78, 5) is 2.43. The molecule has 0 rings (SSSR count). The molecule has 0 aliphatic carbocycles. The summed E-state index contributed by atoms with van der Waals surface area (Å²) in [6.07, 6.45) is 0. The number of nitrogens with zero attached hydrogens (tertiary/aromatic N) is 1. The minimum absolute atomic E-state index is 1.00. The molecule has 0 bridgehead atoms. The van der Waals surface area contributed by atoms with E-state index in [0.717, 1.165) is 5.75 Å². The van der Waals surface area contributed by atoms with Crippen LogP contribution in [0.3, 0.4) is 0 Å². The lowest BCUT2D eigenvalue weighted by atomic mass is 10.5. The molecule has 2 heteroatoms. The third kappa shape index (κ3) is 5.12. The molecule has 0 aromatic heterocycles. The summed E-state index contributed by atoms with van der Waals surface area (Å²) < 4.78 is 0. The number of rotatable bonds is 6. The van der Waals surface area contributed by atoms with Gasteiger partial charge >= 0.3 is 0 Å². The maximum absolute atomic E-state index is 3.78. The first-order valence-electron chi connectivity index (χ1n) is 3.94. The molecule has 0 saturated heterocycles. The van der Waals surface area contributed by atoms with E-state index in [4.69, 9.17) is 0 Å². The molecular weight excluding hydrogens is 142 g/mol. The molecule has 0 spiro atoms. The third-order valence-corrected chi connectivity index (χ3v) is 2.35. The summed E-state index contributed by atoms with van der Waals surface area (Å²) in [6, 6.07) is 0. The standard InChI is InChI=1S/C8H18NS/c1-4-9(5-2)7-8-10-6-3/h3-8H2,1-2H3. The Bertz CT molecular complexity index is 62.3. The Morgan fingerprint density at radius 2 is 1.90 bits per heavy atom. The van der Waals surface area contributed by atoms with Gasteiger partial charge in [0.1, 0.15) is 0 Å². The van der Waals surface area contributed by atoms with Gasteiger partial charge in [0.15, 0.2) is 0 Å². The van der Waals surface area contributed by atoms with E-state index in [1.54, 1.807) is 0 Å². The van der Waals surface area contributed by atoms with Crippen LogP contribution >= 0.6 is 11.8 Å². The van der Waals surface area contributed by atoms with Crippen molar-refractivity contribution in [1.82, 2.24) is 4.90 Å². The molecule has 0 aromatic carbocycles. The Morgan fingerprint density at radius 1 is 1.30 bits per heavy atom. The van der Waals surface area contributed by atoms with Crippen molar-refractivity contribution in [2.24, 2.45) is 0 Å². The Morgan fingerprint density at radius 3 is 2.30 bits per heavy atom. The fraction of sp³-hybridized carbons (Fsp3) is 0.875. The molecule has 1 nitrogen and oxygen atoms in total. The Hall–Kier alpha value is 0.310. The average Bonchev–Trinajstić information content (AvgIpc) is 1.99. The average molecular weight is 160 g/mol. The fourth-order valence-corrected chi connectivity index (χ4v) is 1.43. The maximum Gasteiger partial charge on any atom is 0.00721 e. The molecule has 10 heavy (non-hydrogen) atoms. The Balaban J connectivity index is 3.09. The number of thioether (sulfide) groups is 1. The van der Waals surface area contributed by atoms with Gasteiger partial charge in [-0.05, 0) is 25.8 Å². The molecule has 0 heterocycles. The van der Waals surface area contributed by atoms with Crippen LogP contribution in [0.25, 0.3) is 0 Å². The molecule has 0 aromatic rings. The SMILES string of the molecule is [CH2]CSCCN(CC)CC. The lowest BCUT2D eigenvalue weighted by Gasteiger charge is -2.16. The van der Waals surface area contributed by atoms with Crippen LogP contribution in [0.5, 0.6) is 0 Å². The maximum atomic E-state index is 3.78. The first-order chi connectivity index (χ1) is 4.85. The van der Waals surface area contributed by atoms with Gasteiger partial charge in [-0.15, -0.1) is 0 Å². The van der Waals surface area contributed by atoms with Crippen LogP contribution in [-0.4, -0.2) is 36.0 Å². The van der Waals surface area contributed by atoms with Crippen molar-refractivity contribution in [2.75, 3.05) is 31.1 Å². The molecule has 0 unspecified atom stereocenters. The van der Waals surface area contributed by atoms with E-state index in [1.807, 2.05) is 11.8 Å². The highest BCUT2D eigenvalue weighted by Gasteiger charge is 1.96. The van der Waals surface area contributed by atoms with Crippen molar-refractivity contribution in [2.45, 2.75) is 13.8 Å². The second-order valence-electron chi connectivity index (χ2n) is 2.14. The number of hydrogen-bond donors (Lipinski definition) is 0. The predicted octanol–water partition coefficient (Wildman–Crippen LogP) is 1.90. The largest absolute Gasteiger partial charge is 0.303 e. The van der Waals surface area contributed by atoms with Gasteiger partial charge in [-0.2, -0.15) is 11.8 Å². The van der Waals surface area contributed by atoms with E-state index in [1.165, 1.54) is 25.4 Å². The molecule has 61 valence electrons. The summed E-state index contributed by atoms with van der Waals surface area (Å²) in [7, 11) is 0. The second kappa shape index (κ2) is 7.42. The molecule has 0 N–H and O–H groups in total. The minimum Gasteiger partial charge on any atom is -0.303 e. The highest BCUT2D eigenvalue weighted by Crippen LogP contribution is 1.98. The zero-order valence-corrected chi connectivity index (χ0v) is 7.91. The molecule has 0 amide bonds. The van der Waals surface area contributed by atoms with E-state index >= 15 is 0 Å². The Kier molecular flexibility index (Phi) is 7.65. The van der Waals surface area contributed by atoms with Gasteiger partial charge in [0.05, 0.1) is 0 Å². The van der Waals surface area contributed by atoms with Gasteiger partial charge in [0.25, 0.3) is 0 Å². The first-order valence-corrected chi connectivity index (χ1v) is 5.09. The van der Waals surface area contributed by atoms with E-state index in [9.17, 15) is 0 Å². The van der Waals surface area contributed by atoms with Crippen LogP contribution in [0.4, 0.5) is 0 Å². The summed E-state index contributed by atoms with van der Waals surface area (Å²) in [5.41, 5.74) is 0. The van der Waals surface area contributed by atoms with Crippen molar-refractivity contribution < 1.29 is 0 Å². The molecule has 0 saturated carbocycles. The van der Waals surface area contributed by atoms with Gasteiger partial charge in [-0.3, -0.25) is 0 Å². The predicted molar refractivity (Wildman–Crippen MR) is 50.5 cm³/mol. The molecule has 0 aliphatic rings. The van der Waals surface area contributed by atoms with Gasteiger partial charge in [-0.1, -0.05) is 13.8 Å². The van der Waals surface area contributed by atoms with E-state index in [2.05, 4.69) is 25.7 Å². The van der Waals surface area contributed by atoms with Crippen LogP contribution in [0.1, 0.15) is 13.8 Å². The minimum atomic E-state index is 1.00. The van der Waals surface area contributed by atoms with Crippen LogP contribution in [0.15, 0.2) is 0 Å². The summed E-state index contributed by atoms with van der Waals surface area (Å²) in [5, 5.41) is 0. The molecule has 1 radical (unpaired) electrons. The highest BCUT2D eigenvalue weighted by atomic mass is 32.2. The van der Waals surface area contributed by atoms with Crippen molar-refractivity contribution in [1.29, 1.82) is 0 Å². The van der Waals surface area contributed by atoms with E-state index in [0.29, 0.717) is 0 Å². The summed E-state index contributed by atoms with van der Waals surface area (Å²) in [5.74, 6) is 2.23. The van der Waals surface area contributed by atoms with E-state index < -0.39 is 0 Å². The van der Waals surface area contributed by atoms with Gasteiger partial charge in [-0.25, -0.2) is 0 Å². The third-order valence-electron chi connectivity index (χ3n) is 1.59. The van der Waals surface area contributed by atoms with Crippen molar-refractivity contribution in [3.63, 3.8) is 0 Å². The zero-order valence-electron chi connectivity index (χ0n) is 7.10. The van der Waals surface area contributed by atoms with Crippen molar-refractivity contribution >= 4 is 11.8 Å². The normalized spacial score (nSPS) is 10.8. The van der Waals surface area contributed by atoms with Crippen LogP contribution < -0.4 is 0 Å². The Labute approximate surface area is 69.2 Å². The zero-order chi connectivity index (χ0) is 7.82. The van der Waals surface area contributed by atoms with E-state index in [-0.39, 0.29) is 0 Å². The van der Waals surface area contributed by atoms with Gasteiger partial charge < -0.3 is 4.90 Å². The van der Waals surface area contributed by atoms with Crippen molar-refractivity contribution in [3.05, 3.63) is 6.92 Å². The fourth-order valence-electron chi connectivity index (χ4n) is 0.836. The lowest BCUT2D eigenvalue weighted by Crippen LogP contribution is -2.25.